The van der Waals surface area contributed by atoms with Crippen LogP contribution in [0.5, 0.6) is 11.5 Å². The van der Waals surface area contributed by atoms with Gasteiger partial charge in [0.15, 0.2) is 11.5 Å². The van der Waals surface area contributed by atoms with Gasteiger partial charge in [0.25, 0.3) is 5.91 Å². The van der Waals surface area contributed by atoms with Crippen molar-refractivity contribution in [2.24, 2.45) is 0 Å². The van der Waals surface area contributed by atoms with Crippen LogP contribution < -0.4 is 14.8 Å². The number of nitrogens with zero attached hydrogens (tertiary/aromatic N) is 1. The van der Waals surface area contributed by atoms with Crippen LogP contribution in [0.1, 0.15) is 11.1 Å². The molecule has 0 bridgehead atoms. The molecule has 0 radical (unpaired) electrons. The monoisotopic (exact) mass is 530 g/mol. The molecule has 4 aromatic carbocycles. The third-order valence-corrected chi connectivity index (χ3v) is 5.96. The highest BCUT2D eigenvalue weighted by Gasteiger charge is 2.15. The van der Waals surface area contributed by atoms with E-state index >= 15 is 0 Å². The second-order valence-corrected chi connectivity index (χ2v) is 8.45. The first-order chi connectivity index (χ1) is 17.0. The zero-order valence-electron chi connectivity index (χ0n) is 18.7. The Morgan fingerprint density at radius 3 is 2.51 bits per heavy atom. The molecule has 5 nitrogen and oxygen atoms in total. The van der Waals surface area contributed by atoms with E-state index in [2.05, 4.69) is 33.4 Å². The predicted octanol–water partition coefficient (Wildman–Crippen LogP) is 6.87. The van der Waals surface area contributed by atoms with Crippen LogP contribution in [0.3, 0.4) is 0 Å². The van der Waals surface area contributed by atoms with Gasteiger partial charge in [0.1, 0.15) is 24.1 Å². The van der Waals surface area contributed by atoms with Gasteiger partial charge >= 0.3 is 0 Å². The van der Waals surface area contributed by atoms with Gasteiger partial charge in [-0.15, -0.1) is 0 Å². The number of anilines is 1. The average molecular weight is 531 g/mol. The summed E-state index contributed by atoms with van der Waals surface area (Å²) in [4.78, 5) is 12.5. The highest BCUT2D eigenvalue weighted by atomic mass is 79.9. The quantitative estimate of drug-likeness (QED) is 0.209. The Morgan fingerprint density at radius 2 is 1.77 bits per heavy atom. The molecule has 0 spiro atoms. The first kappa shape index (κ1) is 24.0. The first-order valence-corrected chi connectivity index (χ1v) is 11.4. The normalized spacial score (nSPS) is 11.1. The van der Waals surface area contributed by atoms with Gasteiger partial charge in [-0.1, -0.05) is 64.5 Å². The SMILES string of the molecule is COc1cc(/C=C(/C#N)C(=O)Nc2ccccc2F)c(Br)cc1OCc1ccc2ccccc2c1. The fraction of sp³-hybridized carbons (Fsp3) is 0.0714. The molecule has 35 heavy (non-hydrogen) atoms. The van der Waals surface area contributed by atoms with Crippen molar-refractivity contribution >= 4 is 44.4 Å². The Labute approximate surface area is 210 Å². The first-order valence-electron chi connectivity index (χ1n) is 10.6. The summed E-state index contributed by atoms with van der Waals surface area (Å²) >= 11 is 3.47. The number of nitrogens with one attached hydrogen (secondary N) is 1. The highest BCUT2D eigenvalue weighted by Crippen LogP contribution is 2.35. The number of hydrogen-bond donors (Lipinski definition) is 1. The number of para-hydroxylation sites is 1. The van der Waals surface area contributed by atoms with E-state index in [1.807, 2.05) is 36.4 Å². The number of methoxy groups -OCH3 is 1. The number of carbonyl (C=O) groups is 1. The molecule has 0 unspecified atom stereocenters. The number of carbonyl (C=O) groups excluding carboxylic acids is 1. The van der Waals surface area contributed by atoms with Crippen LogP contribution in [0.25, 0.3) is 16.8 Å². The number of ether oxygens (including phenoxy) is 2. The van der Waals surface area contributed by atoms with Gasteiger partial charge in [0.2, 0.25) is 0 Å². The summed E-state index contributed by atoms with van der Waals surface area (Å²) in [5, 5.41) is 14.2. The van der Waals surface area contributed by atoms with E-state index in [-0.39, 0.29) is 11.3 Å². The maximum atomic E-state index is 13.9. The maximum absolute atomic E-state index is 13.9. The molecule has 7 heteroatoms. The van der Waals surface area contributed by atoms with E-state index in [1.54, 1.807) is 18.2 Å². The fourth-order valence-corrected chi connectivity index (χ4v) is 3.92. The Hall–Kier alpha value is -4.15. The van der Waals surface area contributed by atoms with Crippen molar-refractivity contribution in [2.75, 3.05) is 12.4 Å². The second-order valence-electron chi connectivity index (χ2n) is 7.60. The summed E-state index contributed by atoms with van der Waals surface area (Å²) in [6.45, 7) is 0.331. The van der Waals surface area contributed by atoms with Crippen molar-refractivity contribution in [1.82, 2.24) is 0 Å². The van der Waals surface area contributed by atoms with Crippen molar-refractivity contribution < 1.29 is 18.7 Å². The van der Waals surface area contributed by atoms with E-state index in [0.717, 1.165) is 16.3 Å². The van der Waals surface area contributed by atoms with Gasteiger partial charge in [-0.25, -0.2) is 4.39 Å². The van der Waals surface area contributed by atoms with Crippen LogP contribution in [0.15, 0.2) is 88.9 Å². The lowest BCUT2D eigenvalue weighted by molar-refractivity contribution is -0.112. The van der Waals surface area contributed by atoms with Crippen LogP contribution in [-0.2, 0) is 11.4 Å². The largest absolute Gasteiger partial charge is 0.493 e. The molecule has 4 aromatic rings. The molecule has 4 rings (SSSR count). The smallest absolute Gasteiger partial charge is 0.266 e. The zero-order chi connectivity index (χ0) is 24.8. The number of nitriles is 1. The third kappa shape index (κ3) is 5.68. The molecule has 174 valence electrons. The molecule has 1 amide bonds. The van der Waals surface area contributed by atoms with Gasteiger partial charge in [-0.05, 0) is 58.3 Å². The number of benzene rings is 4. The number of hydrogen-bond acceptors (Lipinski definition) is 4. The fourth-order valence-electron chi connectivity index (χ4n) is 3.48. The van der Waals surface area contributed by atoms with E-state index in [4.69, 9.17) is 9.47 Å². The van der Waals surface area contributed by atoms with Crippen LogP contribution in [0, 0.1) is 17.1 Å². The lowest BCUT2D eigenvalue weighted by Gasteiger charge is -2.13. The number of amides is 1. The molecule has 0 aliphatic heterocycles. The molecule has 0 aliphatic rings. The summed E-state index contributed by atoms with van der Waals surface area (Å²) < 4.78 is 26.0. The van der Waals surface area contributed by atoms with E-state index in [1.165, 1.54) is 31.4 Å². The molecule has 0 saturated carbocycles. The Bertz CT molecular complexity index is 1480. The number of fused-ring (bicyclic) bond motifs is 1. The van der Waals surface area contributed by atoms with Gasteiger partial charge in [0.05, 0.1) is 12.8 Å². The molecule has 0 heterocycles. The predicted molar refractivity (Wildman–Crippen MR) is 138 cm³/mol. The topological polar surface area (TPSA) is 71.3 Å². The standard InChI is InChI=1S/C28H20BrFN2O3/c1-34-26-14-21(13-22(16-31)28(33)32-25-9-5-4-8-24(25)30)23(29)15-27(26)35-17-18-10-11-19-6-2-3-7-20(19)12-18/h2-15H,17H2,1H3,(H,32,33)/b22-13-. The molecular formula is C28H20BrFN2O3. The Morgan fingerprint density at radius 1 is 1.03 bits per heavy atom. The molecule has 0 fully saturated rings. The minimum Gasteiger partial charge on any atom is -0.493 e. The van der Waals surface area contributed by atoms with Crippen LogP contribution in [-0.4, -0.2) is 13.0 Å². The van der Waals surface area contributed by atoms with E-state index in [0.29, 0.717) is 28.1 Å². The summed E-state index contributed by atoms with van der Waals surface area (Å²) in [6.07, 6.45) is 1.40. The average Bonchev–Trinajstić information content (AvgIpc) is 2.88. The number of halogens is 2. The van der Waals surface area contributed by atoms with E-state index in [9.17, 15) is 14.4 Å². The van der Waals surface area contributed by atoms with Gasteiger partial charge < -0.3 is 14.8 Å². The lowest BCUT2D eigenvalue weighted by atomic mass is 10.1. The summed E-state index contributed by atoms with van der Waals surface area (Å²) in [5.41, 5.74) is 1.33. The van der Waals surface area contributed by atoms with Crippen molar-refractivity contribution in [3.05, 3.63) is 106 Å². The van der Waals surface area contributed by atoms with Gasteiger partial charge in [0, 0.05) is 4.47 Å². The minimum atomic E-state index is -0.722. The second kappa shape index (κ2) is 10.9. The minimum absolute atomic E-state index is 0.00673. The summed E-state index contributed by atoms with van der Waals surface area (Å²) in [7, 11) is 1.51. The highest BCUT2D eigenvalue weighted by molar-refractivity contribution is 9.10. The van der Waals surface area contributed by atoms with Gasteiger partial charge in [-0.2, -0.15) is 5.26 Å². The van der Waals surface area contributed by atoms with Gasteiger partial charge in [-0.3, -0.25) is 4.79 Å². The van der Waals surface area contributed by atoms with Crippen molar-refractivity contribution in [3.8, 4) is 17.6 Å². The molecule has 0 aromatic heterocycles. The van der Waals surface area contributed by atoms with Crippen molar-refractivity contribution in [3.63, 3.8) is 0 Å². The molecule has 1 N–H and O–H groups in total. The molecule has 0 saturated heterocycles. The van der Waals surface area contributed by atoms with Crippen LogP contribution >= 0.6 is 15.9 Å². The van der Waals surface area contributed by atoms with Crippen LogP contribution in [0.4, 0.5) is 10.1 Å². The third-order valence-electron chi connectivity index (χ3n) is 5.28. The summed E-state index contributed by atoms with van der Waals surface area (Å²) in [5.74, 6) is -0.375. The Balaban J connectivity index is 1.55. The molecule has 0 aliphatic carbocycles. The molecule has 0 atom stereocenters. The van der Waals surface area contributed by atoms with Crippen molar-refractivity contribution in [1.29, 1.82) is 5.26 Å². The Kier molecular flexibility index (Phi) is 7.44. The van der Waals surface area contributed by atoms with Crippen molar-refractivity contribution in [2.45, 2.75) is 6.61 Å². The molecular weight excluding hydrogens is 511 g/mol. The number of rotatable bonds is 7. The summed E-state index contributed by atoms with van der Waals surface area (Å²) in [6, 6.07) is 25.2. The van der Waals surface area contributed by atoms with E-state index < -0.39 is 11.7 Å². The zero-order valence-corrected chi connectivity index (χ0v) is 20.3. The maximum Gasteiger partial charge on any atom is 0.266 e. The van der Waals surface area contributed by atoms with Crippen LogP contribution in [0.2, 0.25) is 0 Å². The lowest BCUT2D eigenvalue weighted by Crippen LogP contribution is -2.14.